The quantitative estimate of drug-likeness (QED) is 0.858. The molecule has 1 aliphatic heterocycles. The van der Waals surface area contributed by atoms with Gasteiger partial charge in [-0.2, -0.15) is 0 Å². The molecule has 1 atom stereocenters. The highest BCUT2D eigenvalue weighted by atomic mass is 15.2. The van der Waals surface area contributed by atoms with Crippen molar-refractivity contribution in [3.05, 3.63) is 29.3 Å². The second-order valence-corrected chi connectivity index (χ2v) is 5.32. The summed E-state index contributed by atoms with van der Waals surface area (Å²) >= 11 is 0. The van der Waals surface area contributed by atoms with Gasteiger partial charge in [-0.15, -0.1) is 0 Å². The molecular weight excluding hydrogens is 208 g/mol. The molecule has 0 bridgehead atoms. The van der Waals surface area contributed by atoms with Crippen LogP contribution >= 0.6 is 0 Å². The van der Waals surface area contributed by atoms with E-state index in [0.717, 1.165) is 6.54 Å². The van der Waals surface area contributed by atoms with Gasteiger partial charge in [-0.3, -0.25) is 0 Å². The van der Waals surface area contributed by atoms with Crippen LogP contribution in [0.25, 0.3) is 0 Å². The number of aryl methyl sites for hydroxylation is 1. The van der Waals surface area contributed by atoms with Gasteiger partial charge in [0.25, 0.3) is 0 Å². The Kier molecular flexibility index (Phi) is 3.72. The van der Waals surface area contributed by atoms with E-state index in [4.69, 9.17) is 0 Å². The maximum absolute atomic E-state index is 3.27. The summed E-state index contributed by atoms with van der Waals surface area (Å²) in [4.78, 5) is 2.60. The van der Waals surface area contributed by atoms with E-state index < -0.39 is 0 Å². The smallest absolute Gasteiger partial charge is 0.0407 e. The zero-order valence-corrected chi connectivity index (χ0v) is 11.5. The number of rotatable bonds is 4. The highest BCUT2D eigenvalue weighted by Gasteiger charge is 2.31. The Morgan fingerprint density at radius 2 is 2.18 bits per heavy atom. The van der Waals surface area contributed by atoms with Crippen LogP contribution < -0.4 is 10.2 Å². The predicted molar refractivity (Wildman–Crippen MR) is 74.8 cm³/mol. The Morgan fingerprint density at radius 1 is 1.41 bits per heavy atom. The topological polar surface area (TPSA) is 15.3 Å². The molecule has 2 heteroatoms. The van der Waals surface area contributed by atoms with E-state index >= 15 is 0 Å². The van der Waals surface area contributed by atoms with Crippen LogP contribution in [0.5, 0.6) is 0 Å². The fourth-order valence-corrected chi connectivity index (χ4v) is 2.98. The average Bonchev–Trinajstić information content (AvgIpc) is 2.66. The molecule has 0 fully saturated rings. The molecule has 2 rings (SSSR count). The van der Waals surface area contributed by atoms with E-state index in [-0.39, 0.29) is 0 Å². The summed E-state index contributed by atoms with van der Waals surface area (Å²) in [6.45, 7) is 7.92. The Labute approximate surface area is 105 Å². The zero-order chi connectivity index (χ0) is 12.4. The fourth-order valence-electron chi connectivity index (χ4n) is 2.98. The van der Waals surface area contributed by atoms with Gasteiger partial charge in [0.05, 0.1) is 0 Å². The summed E-state index contributed by atoms with van der Waals surface area (Å²) < 4.78 is 0. The summed E-state index contributed by atoms with van der Waals surface area (Å²) in [6.07, 6.45) is 2.44. The van der Waals surface area contributed by atoms with Crippen molar-refractivity contribution in [2.24, 2.45) is 0 Å². The largest absolute Gasteiger partial charge is 0.366 e. The van der Waals surface area contributed by atoms with Crippen molar-refractivity contribution in [3.8, 4) is 0 Å². The molecule has 0 saturated heterocycles. The zero-order valence-electron chi connectivity index (χ0n) is 11.5. The van der Waals surface area contributed by atoms with Crippen molar-refractivity contribution in [1.82, 2.24) is 5.32 Å². The van der Waals surface area contributed by atoms with Crippen molar-refractivity contribution in [2.45, 2.75) is 45.7 Å². The summed E-state index contributed by atoms with van der Waals surface area (Å²) in [5, 5.41) is 3.27. The third kappa shape index (κ3) is 2.32. The van der Waals surface area contributed by atoms with E-state index in [1.165, 1.54) is 24.1 Å². The van der Waals surface area contributed by atoms with Gasteiger partial charge < -0.3 is 10.2 Å². The van der Waals surface area contributed by atoms with Gasteiger partial charge in [0, 0.05) is 17.8 Å². The molecule has 2 nitrogen and oxygen atoms in total. The summed E-state index contributed by atoms with van der Waals surface area (Å²) in [5.41, 5.74) is 4.46. The third-order valence-electron chi connectivity index (χ3n) is 3.78. The molecule has 1 heterocycles. The van der Waals surface area contributed by atoms with Gasteiger partial charge >= 0.3 is 0 Å². The number of benzene rings is 1. The molecule has 1 unspecified atom stereocenters. The number of fused-ring (bicyclic) bond motifs is 1. The van der Waals surface area contributed by atoms with Crippen molar-refractivity contribution < 1.29 is 0 Å². The highest BCUT2D eigenvalue weighted by molar-refractivity contribution is 5.62. The van der Waals surface area contributed by atoms with Gasteiger partial charge in [0.1, 0.15) is 0 Å². The molecule has 1 aromatic carbocycles. The van der Waals surface area contributed by atoms with Gasteiger partial charge in [-0.1, -0.05) is 12.1 Å². The van der Waals surface area contributed by atoms with Gasteiger partial charge in [0.15, 0.2) is 0 Å². The van der Waals surface area contributed by atoms with Crippen LogP contribution in [-0.4, -0.2) is 25.7 Å². The molecule has 17 heavy (non-hydrogen) atoms. The molecule has 0 aliphatic carbocycles. The second-order valence-electron chi connectivity index (χ2n) is 5.32. The standard InChI is InChI=1S/C15H24N2/c1-11(2)17-13(8-9-16-4)10-14-12(3)6-5-7-15(14)17/h5-7,11,13,16H,8-10H2,1-4H3. The number of nitrogens with zero attached hydrogens (tertiary/aromatic N) is 1. The summed E-state index contributed by atoms with van der Waals surface area (Å²) in [5.74, 6) is 0. The molecular formula is C15H24N2. The molecule has 94 valence electrons. The monoisotopic (exact) mass is 232 g/mol. The summed E-state index contributed by atoms with van der Waals surface area (Å²) in [7, 11) is 2.03. The molecule has 0 amide bonds. The van der Waals surface area contributed by atoms with Crippen LogP contribution in [0, 0.1) is 6.92 Å². The molecule has 1 aromatic rings. The number of hydrogen-bond donors (Lipinski definition) is 1. The van der Waals surface area contributed by atoms with E-state index in [1.54, 1.807) is 5.56 Å². The first-order valence-electron chi connectivity index (χ1n) is 6.66. The van der Waals surface area contributed by atoms with Crippen LogP contribution in [0.4, 0.5) is 5.69 Å². The van der Waals surface area contributed by atoms with Crippen molar-refractivity contribution in [1.29, 1.82) is 0 Å². The van der Waals surface area contributed by atoms with Crippen molar-refractivity contribution >= 4 is 5.69 Å². The lowest BCUT2D eigenvalue weighted by Crippen LogP contribution is -2.39. The minimum Gasteiger partial charge on any atom is -0.366 e. The number of hydrogen-bond acceptors (Lipinski definition) is 2. The maximum atomic E-state index is 3.27. The maximum Gasteiger partial charge on any atom is 0.0407 e. The molecule has 0 spiro atoms. The molecule has 0 aromatic heterocycles. The molecule has 1 N–H and O–H groups in total. The normalized spacial score (nSPS) is 18.9. The molecule has 1 aliphatic rings. The van der Waals surface area contributed by atoms with Crippen molar-refractivity contribution in [3.63, 3.8) is 0 Å². The molecule has 0 radical (unpaired) electrons. The first-order chi connectivity index (χ1) is 8.15. The minimum absolute atomic E-state index is 0.583. The van der Waals surface area contributed by atoms with Crippen LogP contribution in [0.3, 0.4) is 0 Å². The lowest BCUT2D eigenvalue weighted by Gasteiger charge is -2.31. The van der Waals surface area contributed by atoms with Crippen LogP contribution in [0.15, 0.2) is 18.2 Å². The van der Waals surface area contributed by atoms with Crippen molar-refractivity contribution in [2.75, 3.05) is 18.5 Å². The number of nitrogens with one attached hydrogen (secondary N) is 1. The van der Waals surface area contributed by atoms with Gasteiger partial charge in [-0.25, -0.2) is 0 Å². The van der Waals surface area contributed by atoms with Crippen LogP contribution in [-0.2, 0) is 6.42 Å². The molecule has 0 saturated carbocycles. The Morgan fingerprint density at radius 3 is 2.82 bits per heavy atom. The Hall–Kier alpha value is -1.02. The van der Waals surface area contributed by atoms with E-state index in [1.807, 2.05) is 7.05 Å². The lowest BCUT2D eigenvalue weighted by atomic mass is 10.0. The number of anilines is 1. The van der Waals surface area contributed by atoms with E-state index in [0.29, 0.717) is 12.1 Å². The fraction of sp³-hybridized carbons (Fsp3) is 0.600. The lowest BCUT2D eigenvalue weighted by molar-refractivity contribution is 0.524. The predicted octanol–water partition coefficient (Wildman–Crippen LogP) is 2.74. The van der Waals surface area contributed by atoms with Crippen LogP contribution in [0.1, 0.15) is 31.4 Å². The minimum atomic E-state index is 0.583. The second kappa shape index (κ2) is 5.09. The highest BCUT2D eigenvalue weighted by Crippen LogP contribution is 2.36. The van der Waals surface area contributed by atoms with Gasteiger partial charge in [-0.05, 0) is 64.4 Å². The first kappa shape index (κ1) is 12.4. The van der Waals surface area contributed by atoms with E-state index in [2.05, 4.69) is 49.2 Å². The van der Waals surface area contributed by atoms with E-state index in [9.17, 15) is 0 Å². The van der Waals surface area contributed by atoms with Crippen LogP contribution in [0.2, 0.25) is 0 Å². The summed E-state index contributed by atoms with van der Waals surface area (Å²) in [6, 6.07) is 7.95. The SMILES string of the molecule is CNCCC1Cc2c(C)cccc2N1C(C)C. The average molecular weight is 232 g/mol. The Bertz CT molecular complexity index is 385. The Balaban J connectivity index is 2.28. The first-order valence-corrected chi connectivity index (χ1v) is 6.66. The third-order valence-corrected chi connectivity index (χ3v) is 3.78. The van der Waals surface area contributed by atoms with Gasteiger partial charge in [0.2, 0.25) is 0 Å².